The topological polar surface area (TPSA) is 55.4 Å². The molecule has 1 aliphatic heterocycles. The van der Waals surface area contributed by atoms with Gasteiger partial charge in [-0.25, -0.2) is 13.1 Å². The summed E-state index contributed by atoms with van der Waals surface area (Å²) in [6.45, 7) is 3.73. The van der Waals surface area contributed by atoms with Crippen molar-refractivity contribution < 1.29 is 13.2 Å². The molecule has 0 bridgehead atoms. The zero-order valence-corrected chi connectivity index (χ0v) is 11.1. The number of rotatable bonds is 5. The molecule has 1 unspecified atom stereocenters. The summed E-state index contributed by atoms with van der Waals surface area (Å²) in [5, 5.41) is -0.388. The molecule has 6 heteroatoms. The summed E-state index contributed by atoms with van der Waals surface area (Å²) in [6.07, 6.45) is 0.911. The summed E-state index contributed by atoms with van der Waals surface area (Å²) in [5.74, 6) is 1.90. The van der Waals surface area contributed by atoms with Crippen LogP contribution in [0.3, 0.4) is 0 Å². The fourth-order valence-corrected chi connectivity index (χ4v) is 3.55. The van der Waals surface area contributed by atoms with Crippen molar-refractivity contribution in [2.45, 2.75) is 31.1 Å². The predicted molar refractivity (Wildman–Crippen MR) is 63.7 cm³/mol. The van der Waals surface area contributed by atoms with Gasteiger partial charge in [-0.15, -0.1) is 0 Å². The molecule has 0 radical (unpaired) electrons. The van der Waals surface area contributed by atoms with Gasteiger partial charge < -0.3 is 4.74 Å². The summed E-state index contributed by atoms with van der Waals surface area (Å²) in [4.78, 5) is 0. The Balaban J connectivity index is 2.55. The summed E-state index contributed by atoms with van der Waals surface area (Å²) in [5.41, 5.74) is -0.299. The Kier molecular flexibility index (Phi) is 4.46. The Morgan fingerprint density at radius 2 is 2.20 bits per heavy atom. The lowest BCUT2D eigenvalue weighted by molar-refractivity contribution is 0.0178. The zero-order chi connectivity index (χ0) is 11.5. The smallest absolute Gasteiger partial charge is 0.214 e. The second-order valence-corrected chi connectivity index (χ2v) is 7.53. The van der Waals surface area contributed by atoms with Gasteiger partial charge in [0.1, 0.15) is 0 Å². The molecule has 4 nitrogen and oxygen atoms in total. The third-order valence-corrected chi connectivity index (χ3v) is 5.73. The molecule has 1 rings (SSSR count). The first-order chi connectivity index (χ1) is 6.92. The number of thioether (sulfide) groups is 1. The molecule has 0 aromatic rings. The van der Waals surface area contributed by atoms with E-state index >= 15 is 0 Å². The van der Waals surface area contributed by atoms with Crippen molar-refractivity contribution >= 4 is 21.8 Å². The summed E-state index contributed by atoms with van der Waals surface area (Å²) in [7, 11) is -1.52. The van der Waals surface area contributed by atoms with E-state index in [0.717, 1.165) is 17.9 Å². The maximum Gasteiger partial charge on any atom is 0.214 e. The van der Waals surface area contributed by atoms with Gasteiger partial charge in [0.25, 0.3) is 0 Å². The molecular formula is C9H19NO3S2. The molecule has 0 aliphatic carbocycles. The molecule has 1 heterocycles. The van der Waals surface area contributed by atoms with Crippen molar-refractivity contribution in [2.24, 2.45) is 0 Å². The van der Waals surface area contributed by atoms with E-state index in [4.69, 9.17) is 4.74 Å². The molecule has 90 valence electrons. The van der Waals surface area contributed by atoms with Crippen molar-refractivity contribution in [1.29, 1.82) is 0 Å². The Hall–Kier alpha value is 0.220. The van der Waals surface area contributed by atoms with E-state index in [9.17, 15) is 8.42 Å². The average molecular weight is 253 g/mol. The number of hydrogen-bond donors (Lipinski definition) is 1. The highest BCUT2D eigenvalue weighted by Gasteiger charge is 2.35. The average Bonchev–Trinajstić information content (AvgIpc) is 2.64. The van der Waals surface area contributed by atoms with Gasteiger partial charge in [0, 0.05) is 19.4 Å². The van der Waals surface area contributed by atoms with E-state index in [-0.39, 0.29) is 10.9 Å². The van der Waals surface area contributed by atoms with Gasteiger partial charge >= 0.3 is 0 Å². The van der Waals surface area contributed by atoms with E-state index < -0.39 is 10.0 Å². The second-order valence-electron chi connectivity index (χ2n) is 4.10. The van der Waals surface area contributed by atoms with Crippen molar-refractivity contribution in [3.8, 4) is 0 Å². The summed E-state index contributed by atoms with van der Waals surface area (Å²) < 4.78 is 31.2. The molecule has 1 saturated heterocycles. The normalized spacial score (nSPS) is 27.5. The monoisotopic (exact) mass is 253 g/mol. The van der Waals surface area contributed by atoms with E-state index in [1.807, 2.05) is 0 Å². The maximum absolute atomic E-state index is 11.6. The van der Waals surface area contributed by atoms with Crippen LogP contribution in [-0.2, 0) is 14.8 Å². The lowest BCUT2D eigenvalue weighted by atomic mass is 10.0. The molecule has 15 heavy (non-hydrogen) atoms. The molecule has 0 saturated carbocycles. The maximum atomic E-state index is 11.6. The van der Waals surface area contributed by atoms with E-state index in [1.165, 1.54) is 0 Å². The molecule has 0 aromatic carbocycles. The van der Waals surface area contributed by atoms with Crippen molar-refractivity contribution in [1.82, 2.24) is 4.72 Å². The van der Waals surface area contributed by atoms with E-state index in [0.29, 0.717) is 6.54 Å². The van der Waals surface area contributed by atoms with Crippen LogP contribution in [0.1, 0.15) is 20.3 Å². The molecule has 1 atom stereocenters. The lowest BCUT2D eigenvalue weighted by Gasteiger charge is -2.27. The fraction of sp³-hybridized carbons (Fsp3) is 1.00. The summed E-state index contributed by atoms with van der Waals surface area (Å²) >= 11 is 1.80. The fourth-order valence-electron chi connectivity index (χ4n) is 1.36. The third kappa shape index (κ3) is 3.34. The number of nitrogens with one attached hydrogen (secondary N) is 1. The van der Waals surface area contributed by atoms with Crippen LogP contribution in [0.4, 0.5) is 0 Å². The Morgan fingerprint density at radius 1 is 1.53 bits per heavy atom. The standard InChI is InChI=1S/C9H19NO3S2/c1-8(2)15(11,12)10-6-9(13-3)4-5-14-7-9/h8,10H,4-7H2,1-3H3. The van der Waals surface area contributed by atoms with Crippen LogP contribution in [0.15, 0.2) is 0 Å². The largest absolute Gasteiger partial charge is 0.376 e. The zero-order valence-electron chi connectivity index (χ0n) is 9.45. The Morgan fingerprint density at radius 3 is 2.60 bits per heavy atom. The quantitative estimate of drug-likeness (QED) is 0.789. The first kappa shape index (κ1) is 13.3. The van der Waals surface area contributed by atoms with Crippen LogP contribution in [0.25, 0.3) is 0 Å². The van der Waals surface area contributed by atoms with Crippen molar-refractivity contribution in [2.75, 3.05) is 25.2 Å². The molecule has 1 aliphatic rings. The van der Waals surface area contributed by atoms with Crippen LogP contribution in [-0.4, -0.2) is 44.4 Å². The van der Waals surface area contributed by atoms with Crippen LogP contribution < -0.4 is 4.72 Å². The lowest BCUT2D eigenvalue weighted by Crippen LogP contribution is -2.46. The number of ether oxygens (including phenoxy) is 1. The van der Waals surface area contributed by atoms with Gasteiger partial charge in [-0.1, -0.05) is 0 Å². The van der Waals surface area contributed by atoms with E-state index in [1.54, 1.807) is 32.7 Å². The van der Waals surface area contributed by atoms with Crippen molar-refractivity contribution in [3.05, 3.63) is 0 Å². The molecular weight excluding hydrogens is 234 g/mol. The number of hydrogen-bond acceptors (Lipinski definition) is 4. The highest BCUT2D eigenvalue weighted by molar-refractivity contribution is 7.99. The molecule has 0 aromatic heterocycles. The molecule has 0 amide bonds. The minimum atomic E-state index is -3.17. The van der Waals surface area contributed by atoms with Gasteiger partial charge in [0.2, 0.25) is 10.0 Å². The third-order valence-electron chi connectivity index (χ3n) is 2.72. The van der Waals surface area contributed by atoms with Crippen LogP contribution in [0.5, 0.6) is 0 Å². The van der Waals surface area contributed by atoms with Crippen LogP contribution in [0, 0.1) is 0 Å². The number of sulfonamides is 1. The van der Waals surface area contributed by atoms with Gasteiger partial charge in [0.05, 0.1) is 10.9 Å². The van der Waals surface area contributed by atoms with E-state index in [2.05, 4.69) is 4.72 Å². The van der Waals surface area contributed by atoms with Gasteiger partial charge in [0.15, 0.2) is 0 Å². The van der Waals surface area contributed by atoms with Gasteiger partial charge in [-0.2, -0.15) is 11.8 Å². The van der Waals surface area contributed by atoms with Gasteiger partial charge in [-0.3, -0.25) is 0 Å². The Labute approximate surface area is 96.2 Å². The SMILES string of the molecule is COC1(CNS(=O)(=O)C(C)C)CCSC1. The first-order valence-corrected chi connectivity index (χ1v) is 7.73. The van der Waals surface area contributed by atoms with Crippen LogP contribution in [0.2, 0.25) is 0 Å². The van der Waals surface area contributed by atoms with Gasteiger partial charge in [-0.05, 0) is 26.0 Å². The molecule has 1 fully saturated rings. The highest BCUT2D eigenvalue weighted by Crippen LogP contribution is 2.30. The summed E-state index contributed by atoms with van der Waals surface area (Å²) in [6, 6.07) is 0. The second kappa shape index (κ2) is 5.03. The molecule has 1 N–H and O–H groups in total. The Bertz CT molecular complexity index is 294. The predicted octanol–water partition coefficient (Wildman–Crippen LogP) is 0.836. The van der Waals surface area contributed by atoms with Crippen LogP contribution >= 0.6 is 11.8 Å². The number of methoxy groups -OCH3 is 1. The van der Waals surface area contributed by atoms with Crippen molar-refractivity contribution in [3.63, 3.8) is 0 Å². The minimum absolute atomic E-state index is 0.299. The highest BCUT2D eigenvalue weighted by atomic mass is 32.2. The molecule has 0 spiro atoms. The first-order valence-electron chi connectivity index (χ1n) is 5.03. The minimum Gasteiger partial charge on any atom is -0.376 e.